The fourth-order valence-electron chi connectivity index (χ4n) is 1.38. The second-order valence-electron chi connectivity index (χ2n) is 3.88. The Morgan fingerprint density at radius 1 is 0.950 bits per heavy atom. The lowest BCUT2D eigenvalue weighted by molar-refractivity contribution is -0.132. The van der Waals surface area contributed by atoms with Crippen LogP contribution in [0.15, 0.2) is 66.2 Å². The van der Waals surface area contributed by atoms with Gasteiger partial charge >= 0.3 is 5.97 Å². The first-order valence-electron chi connectivity index (χ1n) is 5.88. The summed E-state index contributed by atoms with van der Waals surface area (Å²) in [7, 11) is 0. The largest absolute Gasteiger partial charge is 0.508 e. The van der Waals surface area contributed by atoms with Crippen molar-refractivity contribution in [2.45, 2.75) is 6.42 Å². The highest BCUT2D eigenvalue weighted by Gasteiger charge is 2.08. The lowest BCUT2D eigenvalue weighted by atomic mass is 10.1. The standard InChI is InChI=1S/C10H8O3.C6H6O/c11-7-9(10(12)13)6-8-4-2-1-3-5-8;7-6-4-2-1-3-5-6/h1-5H,6H2,(H,12,13);1-5,7H. The molecule has 0 aromatic heterocycles. The van der Waals surface area contributed by atoms with E-state index >= 15 is 0 Å². The molecule has 0 aliphatic carbocycles. The summed E-state index contributed by atoms with van der Waals surface area (Å²) in [6.07, 6.45) is 0.125. The Labute approximate surface area is 116 Å². The molecule has 2 rings (SSSR count). The Kier molecular flexibility index (Phi) is 6.31. The summed E-state index contributed by atoms with van der Waals surface area (Å²) in [5.41, 5.74) is 0.550. The number of para-hydroxylation sites is 1. The van der Waals surface area contributed by atoms with E-state index in [1.165, 1.54) is 5.94 Å². The van der Waals surface area contributed by atoms with Gasteiger partial charge in [-0.1, -0.05) is 48.5 Å². The molecule has 0 bridgehead atoms. The molecule has 0 saturated carbocycles. The van der Waals surface area contributed by atoms with Crippen molar-refractivity contribution in [3.63, 3.8) is 0 Å². The zero-order valence-corrected chi connectivity index (χ0v) is 10.7. The number of carboxylic acid groups (broad SMARTS) is 1. The van der Waals surface area contributed by atoms with E-state index in [1.807, 2.05) is 12.1 Å². The van der Waals surface area contributed by atoms with E-state index < -0.39 is 5.97 Å². The first kappa shape index (κ1) is 15.2. The molecule has 0 unspecified atom stereocenters. The molecule has 2 N–H and O–H groups in total. The van der Waals surface area contributed by atoms with Gasteiger partial charge in [-0.05, 0) is 17.7 Å². The van der Waals surface area contributed by atoms with Crippen molar-refractivity contribution in [1.82, 2.24) is 0 Å². The first-order valence-corrected chi connectivity index (χ1v) is 5.88. The maximum atomic E-state index is 10.4. The zero-order valence-electron chi connectivity index (χ0n) is 10.7. The Bertz CT molecular complexity index is 584. The van der Waals surface area contributed by atoms with Crippen molar-refractivity contribution in [1.29, 1.82) is 0 Å². The Morgan fingerprint density at radius 2 is 1.45 bits per heavy atom. The van der Waals surface area contributed by atoms with Crippen LogP contribution in [0.1, 0.15) is 5.56 Å². The van der Waals surface area contributed by atoms with E-state index in [2.05, 4.69) is 0 Å². The molecule has 0 heterocycles. The first-order chi connectivity index (χ1) is 9.63. The van der Waals surface area contributed by atoms with Gasteiger partial charge in [0, 0.05) is 6.42 Å². The monoisotopic (exact) mass is 270 g/mol. The molecule has 0 aliphatic heterocycles. The number of carbonyl (C=O) groups excluding carboxylic acids is 1. The molecule has 102 valence electrons. The second-order valence-corrected chi connectivity index (χ2v) is 3.88. The smallest absolute Gasteiger partial charge is 0.343 e. The number of carbonyl (C=O) groups is 1. The summed E-state index contributed by atoms with van der Waals surface area (Å²) in [6.45, 7) is 0. The highest BCUT2D eigenvalue weighted by Crippen LogP contribution is 2.05. The van der Waals surface area contributed by atoms with Gasteiger partial charge in [0.25, 0.3) is 0 Å². The molecule has 0 radical (unpaired) electrons. The molecule has 4 heteroatoms. The van der Waals surface area contributed by atoms with E-state index in [9.17, 15) is 9.59 Å². The van der Waals surface area contributed by atoms with Gasteiger partial charge in [-0.25, -0.2) is 9.59 Å². The Morgan fingerprint density at radius 3 is 1.80 bits per heavy atom. The fraction of sp³-hybridized carbons (Fsp3) is 0.0625. The summed E-state index contributed by atoms with van der Waals surface area (Å²) in [4.78, 5) is 20.6. The van der Waals surface area contributed by atoms with Crippen LogP contribution in [-0.4, -0.2) is 22.1 Å². The Hall–Kier alpha value is -2.84. The predicted molar refractivity (Wildman–Crippen MR) is 75.1 cm³/mol. The van der Waals surface area contributed by atoms with E-state index in [-0.39, 0.29) is 12.0 Å². The number of phenols is 1. The maximum Gasteiger partial charge on any atom is 0.343 e. The fourth-order valence-corrected chi connectivity index (χ4v) is 1.38. The molecule has 4 nitrogen and oxygen atoms in total. The number of phenolic OH excluding ortho intramolecular Hbond substituents is 1. The molecule has 0 amide bonds. The van der Waals surface area contributed by atoms with Crippen LogP contribution < -0.4 is 0 Å². The van der Waals surface area contributed by atoms with Crippen LogP contribution in [0.25, 0.3) is 0 Å². The highest BCUT2D eigenvalue weighted by atomic mass is 16.4. The third kappa shape index (κ3) is 5.67. The topological polar surface area (TPSA) is 74.6 Å². The van der Waals surface area contributed by atoms with Gasteiger partial charge < -0.3 is 10.2 Å². The van der Waals surface area contributed by atoms with Crippen LogP contribution in [0.3, 0.4) is 0 Å². The minimum atomic E-state index is -1.21. The molecule has 0 spiro atoms. The van der Waals surface area contributed by atoms with Crippen molar-refractivity contribution in [3.05, 3.63) is 71.8 Å². The molecule has 20 heavy (non-hydrogen) atoms. The average Bonchev–Trinajstić information content (AvgIpc) is 2.47. The maximum absolute atomic E-state index is 10.4. The molecular weight excluding hydrogens is 256 g/mol. The van der Waals surface area contributed by atoms with Crippen LogP contribution in [-0.2, 0) is 16.0 Å². The number of benzene rings is 2. The number of hydrogen-bond acceptors (Lipinski definition) is 3. The molecule has 0 atom stereocenters. The van der Waals surface area contributed by atoms with Gasteiger partial charge in [-0.15, -0.1) is 0 Å². The lowest BCUT2D eigenvalue weighted by Gasteiger charge is -1.97. The number of rotatable bonds is 3. The number of aromatic hydroxyl groups is 1. The third-order valence-electron chi connectivity index (χ3n) is 2.36. The number of hydrogen-bond donors (Lipinski definition) is 2. The van der Waals surface area contributed by atoms with Crippen molar-refractivity contribution in [2.75, 3.05) is 0 Å². The highest BCUT2D eigenvalue weighted by molar-refractivity contribution is 5.95. The SMILES string of the molecule is O=C=C(Cc1ccccc1)C(=O)O.Oc1ccccc1. The summed E-state index contributed by atoms with van der Waals surface area (Å²) in [5, 5.41) is 17.2. The number of aliphatic carboxylic acids is 1. The van der Waals surface area contributed by atoms with E-state index in [0.29, 0.717) is 5.75 Å². The van der Waals surface area contributed by atoms with Gasteiger partial charge in [-0.3, -0.25) is 0 Å². The van der Waals surface area contributed by atoms with Crippen molar-refractivity contribution < 1.29 is 19.8 Å². The van der Waals surface area contributed by atoms with E-state index in [0.717, 1.165) is 5.56 Å². The van der Waals surface area contributed by atoms with Crippen LogP contribution in [0.2, 0.25) is 0 Å². The van der Waals surface area contributed by atoms with Crippen molar-refractivity contribution >= 4 is 11.9 Å². The molecule has 0 saturated heterocycles. The second kappa shape index (κ2) is 8.29. The average molecular weight is 270 g/mol. The van der Waals surface area contributed by atoms with Gasteiger partial charge in [-0.2, -0.15) is 0 Å². The third-order valence-corrected chi connectivity index (χ3v) is 2.36. The van der Waals surface area contributed by atoms with Gasteiger partial charge in [0.2, 0.25) is 0 Å². The van der Waals surface area contributed by atoms with E-state index in [4.69, 9.17) is 10.2 Å². The van der Waals surface area contributed by atoms with Crippen molar-refractivity contribution in [3.8, 4) is 5.75 Å². The minimum Gasteiger partial charge on any atom is -0.508 e. The number of carboxylic acids is 1. The van der Waals surface area contributed by atoms with Gasteiger partial charge in [0.15, 0.2) is 0 Å². The summed E-state index contributed by atoms with van der Waals surface area (Å²) in [6, 6.07) is 17.7. The lowest BCUT2D eigenvalue weighted by Crippen LogP contribution is -2.04. The summed E-state index contributed by atoms with van der Waals surface area (Å²) < 4.78 is 0. The quantitative estimate of drug-likeness (QED) is 0.663. The minimum absolute atomic E-state index is 0.125. The molecule has 2 aromatic carbocycles. The molecule has 0 fully saturated rings. The van der Waals surface area contributed by atoms with Gasteiger partial charge in [0.05, 0.1) is 0 Å². The van der Waals surface area contributed by atoms with Crippen LogP contribution in [0.4, 0.5) is 0 Å². The zero-order chi connectivity index (χ0) is 14.8. The molecule has 2 aromatic rings. The van der Waals surface area contributed by atoms with Crippen molar-refractivity contribution in [2.24, 2.45) is 0 Å². The summed E-state index contributed by atoms with van der Waals surface area (Å²) >= 11 is 0. The molecular formula is C16H14O4. The van der Waals surface area contributed by atoms with Crippen LogP contribution in [0, 0.1) is 0 Å². The Balaban J connectivity index is 0.000000240. The van der Waals surface area contributed by atoms with Crippen LogP contribution >= 0.6 is 0 Å². The van der Waals surface area contributed by atoms with Crippen LogP contribution in [0.5, 0.6) is 5.75 Å². The van der Waals surface area contributed by atoms with E-state index in [1.54, 1.807) is 48.5 Å². The molecule has 0 aliphatic rings. The van der Waals surface area contributed by atoms with Gasteiger partial charge in [0.1, 0.15) is 17.3 Å². The predicted octanol–water partition coefficient (Wildman–Crippen LogP) is 2.46. The normalized spacial score (nSPS) is 8.80. The summed E-state index contributed by atoms with van der Waals surface area (Å²) in [5.74, 6) is 0.529.